The summed E-state index contributed by atoms with van der Waals surface area (Å²) in [4.78, 5) is 28.4. The van der Waals surface area contributed by atoms with E-state index in [1.807, 2.05) is 26.0 Å². The molecule has 0 radical (unpaired) electrons. The van der Waals surface area contributed by atoms with Gasteiger partial charge in [0.2, 0.25) is 0 Å². The van der Waals surface area contributed by atoms with E-state index in [1.165, 1.54) is 0 Å². The number of aliphatic hydroxyl groups is 2. The van der Waals surface area contributed by atoms with Gasteiger partial charge < -0.3 is 19.7 Å². The molecule has 4 unspecified atom stereocenters. The number of likely N-dealkylation sites (tertiary alicyclic amines) is 1. The zero-order valence-corrected chi connectivity index (χ0v) is 20.7. The van der Waals surface area contributed by atoms with Crippen molar-refractivity contribution < 1.29 is 29.3 Å². The van der Waals surface area contributed by atoms with Gasteiger partial charge in [0, 0.05) is 49.4 Å². The fraction of sp³-hybridized carbons (Fsp3) is 0.500. The highest BCUT2D eigenvalue weighted by atomic mass is 16.5. The third-order valence-electron chi connectivity index (χ3n) is 8.66. The predicted octanol–water partition coefficient (Wildman–Crippen LogP) is 2.56. The van der Waals surface area contributed by atoms with Crippen LogP contribution in [0.2, 0.25) is 0 Å². The Balaban J connectivity index is 1.11. The van der Waals surface area contributed by atoms with E-state index in [0.29, 0.717) is 36.3 Å². The molecule has 0 spiro atoms. The lowest BCUT2D eigenvalue weighted by molar-refractivity contribution is 0.00843. The molecule has 0 aromatic heterocycles. The van der Waals surface area contributed by atoms with Crippen LogP contribution in [0.5, 0.6) is 0 Å². The van der Waals surface area contributed by atoms with Crippen molar-refractivity contribution in [2.45, 2.75) is 64.2 Å². The zero-order valence-electron chi connectivity index (χ0n) is 20.7. The summed E-state index contributed by atoms with van der Waals surface area (Å²) >= 11 is 0. The number of carbonyl (C=O) groups is 2. The molecule has 0 aliphatic carbocycles. The number of nitrogens with zero attached hydrogens (tertiary/aromatic N) is 2. The smallest absolute Gasteiger partial charge is 0.338 e. The molecule has 4 atom stereocenters. The first-order valence-corrected chi connectivity index (χ1v) is 12.7. The number of rotatable bonds is 6. The molecule has 2 bridgehead atoms. The normalized spacial score (nSPS) is 24.9. The third-order valence-corrected chi connectivity index (χ3v) is 8.66. The number of hydrogen-bond donors (Lipinski definition) is 2. The highest BCUT2D eigenvalue weighted by Gasteiger charge is 2.41. The van der Waals surface area contributed by atoms with Crippen LogP contribution < -0.4 is 0 Å². The monoisotopic (exact) mass is 492 g/mol. The van der Waals surface area contributed by atoms with Crippen molar-refractivity contribution in [2.75, 3.05) is 26.2 Å². The van der Waals surface area contributed by atoms with E-state index in [2.05, 4.69) is 9.80 Å². The summed E-state index contributed by atoms with van der Waals surface area (Å²) in [5, 5.41) is 22.2. The molecule has 0 amide bonds. The van der Waals surface area contributed by atoms with Crippen LogP contribution in [0.25, 0.3) is 0 Å². The maximum absolute atomic E-state index is 11.9. The quantitative estimate of drug-likeness (QED) is 0.594. The molecular formula is C28H32N2O6. The van der Waals surface area contributed by atoms with Crippen LogP contribution in [-0.4, -0.2) is 70.2 Å². The molecule has 0 saturated carbocycles. The van der Waals surface area contributed by atoms with Gasteiger partial charge in [-0.1, -0.05) is 12.1 Å². The van der Waals surface area contributed by atoms with Gasteiger partial charge in [-0.25, -0.2) is 9.59 Å². The van der Waals surface area contributed by atoms with E-state index in [0.717, 1.165) is 59.3 Å². The van der Waals surface area contributed by atoms with Crippen LogP contribution in [0.4, 0.5) is 0 Å². The zero-order chi connectivity index (χ0) is 25.1. The van der Waals surface area contributed by atoms with Gasteiger partial charge in [0.05, 0.1) is 23.3 Å². The highest BCUT2D eigenvalue weighted by Crippen LogP contribution is 2.36. The number of β-amino-alcohol motifs (C(OH)–C–C–N with tert-alkyl or cyclic N) is 1. The predicted molar refractivity (Wildman–Crippen MR) is 130 cm³/mol. The topological polar surface area (TPSA) is 99.5 Å². The van der Waals surface area contributed by atoms with Crippen molar-refractivity contribution in [3.8, 4) is 0 Å². The van der Waals surface area contributed by atoms with Crippen LogP contribution in [-0.2, 0) is 22.7 Å². The first kappa shape index (κ1) is 23.6. The first-order valence-electron chi connectivity index (χ1n) is 12.7. The van der Waals surface area contributed by atoms with Crippen molar-refractivity contribution >= 4 is 11.9 Å². The molecule has 4 aliphatic rings. The van der Waals surface area contributed by atoms with Crippen LogP contribution in [0.1, 0.15) is 79.1 Å². The number of ether oxygens (including phenoxy) is 2. The standard InChI is InChI=1S/C28H32N2O6/c1-15-19(5-7-21-23(15)13-35-27(21)33)25(31)11-29-9-17-3-4-18(10-29)30(17)12-26(32)20-6-8-22-24(16(20)2)14-36-28(22)34/h5-8,17-18,25-26,31-32H,3-4,9-14H2,1-2H3. The van der Waals surface area contributed by atoms with E-state index in [9.17, 15) is 19.8 Å². The molecule has 8 nitrogen and oxygen atoms in total. The molecule has 2 aromatic carbocycles. The number of fused-ring (bicyclic) bond motifs is 4. The third kappa shape index (κ3) is 3.84. The summed E-state index contributed by atoms with van der Waals surface area (Å²) < 4.78 is 10.3. The minimum absolute atomic E-state index is 0.277. The Morgan fingerprint density at radius 2 is 1.28 bits per heavy atom. The van der Waals surface area contributed by atoms with Gasteiger partial charge in [0.15, 0.2) is 0 Å². The molecule has 190 valence electrons. The second kappa shape index (κ2) is 8.95. The van der Waals surface area contributed by atoms with Gasteiger partial charge in [-0.15, -0.1) is 0 Å². The van der Waals surface area contributed by atoms with Crippen molar-refractivity contribution in [3.05, 3.63) is 68.8 Å². The van der Waals surface area contributed by atoms with Crippen LogP contribution >= 0.6 is 0 Å². The summed E-state index contributed by atoms with van der Waals surface area (Å²) in [5.74, 6) is -0.580. The van der Waals surface area contributed by atoms with E-state index >= 15 is 0 Å². The van der Waals surface area contributed by atoms with E-state index in [4.69, 9.17) is 9.47 Å². The van der Waals surface area contributed by atoms with Gasteiger partial charge >= 0.3 is 11.9 Å². The van der Waals surface area contributed by atoms with Gasteiger partial charge in [-0.2, -0.15) is 0 Å². The summed E-state index contributed by atoms with van der Waals surface area (Å²) in [5.41, 5.74) is 6.57. The van der Waals surface area contributed by atoms with Crippen LogP contribution in [0.3, 0.4) is 0 Å². The fourth-order valence-electron chi connectivity index (χ4n) is 6.62. The summed E-state index contributed by atoms with van der Waals surface area (Å²) in [7, 11) is 0. The minimum atomic E-state index is -0.637. The lowest BCUT2D eigenvalue weighted by Crippen LogP contribution is -2.55. The maximum Gasteiger partial charge on any atom is 0.338 e. The van der Waals surface area contributed by atoms with Crippen molar-refractivity contribution in [1.82, 2.24) is 9.80 Å². The molecule has 2 aromatic rings. The Bertz CT molecular complexity index is 1230. The largest absolute Gasteiger partial charge is 0.457 e. The van der Waals surface area contributed by atoms with Gasteiger partial charge in [0.25, 0.3) is 0 Å². The molecule has 4 aliphatic heterocycles. The van der Waals surface area contributed by atoms with E-state index < -0.39 is 12.2 Å². The molecule has 2 saturated heterocycles. The Morgan fingerprint density at radius 1 is 0.806 bits per heavy atom. The Morgan fingerprint density at radius 3 is 1.78 bits per heavy atom. The molecule has 2 fully saturated rings. The van der Waals surface area contributed by atoms with E-state index in [1.54, 1.807) is 12.1 Å². The Kier molecular flexibility index (Phi) is 5.87. The minimum Gasteiger partial charge on any atom is -0.457 e. The van der Waals surface area contributed by atoms with Gasteiger partial charge in [-0.05, 0) is 61.1 Å². The van der Waals surface area contributed by atoms with Crippen LogP contribution in [0.15, 0.2) is 24.3 Å². The number of aliphatic hydroxyl groups excluding tert-OH is 2. The lowest BCUT2D eigenvalue weighted by atomic mass is 9.94. The second-order valence-corrected chi connectivity index (χ2v) is 10.6. The lowest BCUT2D eigenvalue weighted by Gasteiger charge is -2.42. The molecule has 36 heavy (non-hydrogen) atoms. The maximum atomic E-state index is 11.9. The highest BCUT2D eigenvalue weighted by molar-refractivity contribution is 5.94. The Hall–Kier alpha value is -2.78. The molecular weight excluding hydrogens is 460 g/mol. The molecule has 4 heterocycles. The Labute approximate surface area is 210 Å². The van der Waals surface area contributed by atoms with Crippen LogP contribution in [0, 0.1) is 13.8 Å². The first-order chi connectivity index (χ1) is 17.3. The number of benzene rings is 2. The number of carbonyl (C=O) groups excluding carboxylic acids is 2. The van der Waals surface area contributed by atoms with Crippen molar-refractivity contribution in [1.29, 1.82) is 0 Å². The number of cyclic esters (lactones) is 2. The summed E-state index contributed by atoms with van der Waals surface area (Å²) in [6.45, 7) is 7.24. The van der Waals surface area contributed by atoms with Crippen molar-refractivity contribution in [2.24, 2.45) is 0 Å². The molecule has 8 heteroatoms. The average Bonchev–Trinajstić information content (AvgIpc) is 3.48. The number of esters is 2. The number of piperazine rings is 1. The van der Waals surface area contributed by atoms with Crippen molar-refractivity contribution in [3.63, 3.8) is 0 Å². The number of hydrogen-bond acceptors (Lipinski definition) is 8. The van der Waals surface area contributed by atoms with Gasteiger partial charge in [-0.3, -0.25) is 9.80 Å². The van der Waals surface area contributed by atoms with E-state index in [-0.39, 0.29) is 25.2 Å². The SMILES string of the molecule is Cc1c(C(O)CN2CC3CCC(C2)N3CC(O)c2ccc3c(c2C)COC3=O)ccc2c1COC2=O. The summed E-state index contributed by atoms with van der Waals surface area (Å²) in [6.07, 6.45) is 0.881. The second-order valence-electron chi connectivity index (χ2n) is 10.6. The average molecular weight is 493 g/mol. The fourth-order valence-corrected chi connectivity index (χ4v) is 6.62. The summed E-state index contributed by atoms with van der Waals surface area (Å²) in [6, 6.07) is 7.91. The molecule has 6 rings (SSSR count). The molecule has 2 N–H and O–H groups in total. The van der Waals surface area contributed by atoms with Gasteiger partial charge in [0.1, 0.15) is 13.2 Å².